The molecule has 0 aliphatic carbocycles. The predicted octanol–water partition coefficient (Wildman–Crippen LogP) is 4.65. The van der Waals surface area contributed by atoms with Crippen LogP contribution in [0.1, 0.15) is 23.2 Å². The van der Waals surface area contributed by atoms with E-state index in [1.807, 2.05) is 30.6 Å². The molecule has 0 bridgehead atoms. The molecule has 0 unspecified atom stereocenters. The summed E-state index contributed by atoms with van der Waals surface area (Å²) < 4.78 is 0. The summed E-state index contributed by atoms with van der Waals surface area (Å²) in [6, 6.07) is 14.5. The van der Waals surface area contributed by atoms with Crippen molar-refractivity contribution in [1.29, 1.82) is 0 Å². The zero-order valence-corrected chi connectivity index (χ0v) is 15.5. The summed E-state index contributed by atoms with van der Waals surface area (Å²) >= 11 is 5.88. The van der Waals surface area contributed by atoms with Crippen LogP contribution in [0.25, 0.3) is 11.1 Å². The Labute approximate surface area is 163 Å². The molecule has 1 fully saturated rings. The standard InChI is InChI=1S/C21H19ClN4O/c22-18-6-8-19(9-7-18)25-20(27)16-5-3-4-15(12-16)17-13-23-21(24-14-17)26-10-1-2-11-26/h3-9,12-14H,1-2,10-11H2,(H,25,27). The van der Waals surface area contributed by atoms with E-state index >= 15 is 0 Å². The summed E-state index contributed by atoms with van der Waals surface area (Å²) in [4.78, 5) is 23.7. The van der Waals surface area contributed by atoms with Gasteiger partial charge in [0.2, 0.25) is 5.95 Å². The molecule has 0 radical (unpaired) electrons. The summed E-state index contributed by atoms with van der Waals surface area (Å²) in [5.74, 6) is 0.599. The Bertz CT molecular complexity index is 935. The van der Waals surface area contributed by atoms with Gasteiger partial charge in [0.05, 0.1) is 0 Å². The fourth-order valence-electron chi connectivity index (χ4n) is 3.13. The van der Waals surface area contributed by atoms with Crippen LogP contribution in [0.15, 0.2) is 60.9 Å². The molecule has 1 N–H and O–H groups in total. The van der Waals surface area contributed by atoms with E-state index in [4.69, 9.17) is 11.6 Å². The van der Waals surface area contributed by atoms with E-state index in [1.165, 1.54) is 12.8 Å². The number of nitrogens with one attached hydrogen (secondary N) is 1. The van der Waals surface area contributed by atoms with Crippen molar-refractivity contribution >= 4 is 29.1 Å². The maximum absolute atomic E-state index is 12.5. The zero-order valence-electron chi connectivity index (χ0n) is 14.7. The Balaban J connectivity index is 1.51. The van der Waals surface area contributed by atoms with Crippen molar-refractivity contribution in [2.45, 2.75) is 12.8 Å². The number of carbonyl (C=O) groups excluding carboxylic acids is 1. The first-order valence-corrected chi connectivity index (χ1v) is 9.31. The highest BCUT2D eigenvalue weighted by Crippen LogP contribution is 2.22. The highest BCUT2D eigenvalue weighted by atomic mass is 35.5. The molecule has 3 aromatic rings. The Morgan fingerprint density at radius 2 is 1.67 bits per heavy atom. The quantitative estimate of drug-likeness (QED) is 0.718. The first-order chi connectivity index (χ1) is 13.2. The molecular weight excluding hydrogens is 360 g/mol. The Morgan fingerprint density at radius 3 is 2.37 bits per heavy atom. The normalized spacial score (nSPS) is 13.6. The second-order valence-corrected chi connectivity index (χ2v) is 6.94. The van der Waals surface area contributed by atoms with Gasteiger partial charge < -0.3 is 10.2 Å². The molecule has 4 rings (SSSR count). The van der Waals surface area contributed by atoms with E-state index < -0.39 is 0 Å². The molecule has 27 heavy (non-hydrogen) atoms. The third-order valence-electron chi connectivity index (χ3n) is 4.59. The van der Waals surface area contributed by atoms with Crippen LogP contribution in [-0.2, 0) is 0 Å². The third-order valence-corrected chi connectivity index (χ3v) is 4.84. The summed E-state index contributed by atoms with van der Waals surface area (Å²) in [5, 5.41) is 3.51. The van der Waals surface area contributed by atoms with E-state index in [1.54, 1.807) is 30.3 Å². The molecule has 1 aliphatic heterocycles. The van der Waals surface area contributed by atoms with Crippen molar-refractivity contribution < 1.29 is 4.79 Å². The van der Waals surface area contributed by atoms with Crippen molar-refractivity contribution in [2.24, 2.45) is 0 Å². The van der Waals surface area contributed by atoms with Crippen LogP contribution in [0.5, 0.6) is 0 Å². The van der Waals surface area contributed by atoms with E-state index in [-0.39, 0.29) is 5.91 Å². The predicted molar refractivity (Wildman–Crippen MR) is 108 cm³/mol. The van der Waals surface area contributed by atoms with Gasteiger partial charge in [0.25, 0.3) is 5.91 Å². The number of nitrogens with zero attached hydrogens (tertiary/aromatic N) is 3. The lowest BCUT2D eigenvalue weighted by atomic mass is 10.1. The fraction of sp³-hybridized carbons (Fsp3) is 0.190. The summed E-state index contributed by atoms with van der Waals surface area (Å²) in [7, 11) is 0. The number of benzene rings is 2. The van der Waals surface area contributed by atoms with Gasteiger partial charge in [0.15, 0.2) is 0 Å². The van der Waals surface area contributed by atoms with Gasteiger partial charge >= 0.3 is 0 Å². The molecule has 1 aliphatic rings. The molecule has 0 atom stereocenters. The first-order valence-electron chi connectivity index (χ1n) is 8.93. The third kappa shape index (κ3) is 4.09. The lowest BCUT2D eigenvalue weighted by Gasteiger charge is -2.14. The fourth-order valence-corrected chi connectivity index (χ4v) is 3.25. The number of hydrogen-bond acceptors (Lipinski definition) is 4. The van der Waals surface area contributed by atoms with Gasteiger partial charge in [-0.1, -0.05) is 23.7 Å². The molecule has 0 spiro atoms. The minimum atomic E-state index is -0.172. The van der Waals surface area contributed by atoms with E-state index in [0.29, 0.717) is 16.3 Å². The second-order valence-electron chi connectivity index (χ2n) is 6.51. The van der Waals surface area contributed by atoms with Crippen molar-refractivity contribution in [3.8, 4) is 11.1 Å². The summed E-state index contributed by atoms with van der Waals surface area (Å²) in [5.41, 5.74) is 3.07. The van der Waals surface area contributed by atoms with Gasteiger partial charge in [0.1, 0.15) is 0 Å². The van der Waals surface area contributed by atoms with Gasteiger partial charge in [0, 0.05) is 47.3 Å². The lowest BCUT2D eigenvalue weighted by molar-refractivity contribution is 0.102. The van der Waals surface area contributed by atoms with Crippen LogP contribution >= 0.6 is 11.6 Å². The molecule has 5 nitrogen and oxygen atoms in total. The average molecular weight is 379 g/mol. The molecule has 136 valence electrons. The molecule has 6 heteroatoms. The van der Waals surface area contributed by atoms with Crippen LogP contribution < -0.4 is 10.2 Å². The second kappa shape index (κ2) is 7.76. The topological polar surface area (TPSA) is 58.1 Å². The van der Waals surface area contributed by atoms with Crippen LogP contribution in [-0.4, -0.2) is 29.0 Å². The number of carbonyl (C=O) groups is 1. The average Bonchev–Trinajstić information content (AvgIpc) is 3.25. The van der Waals surface area contributed by atoms with Gasteiger partial charge in [-0.05, 0) is 54.8 Å². The molecule has 2 aromatic carbocycles. The maximum atomic E-state index is 12.5. The zero-order chi connectivity index (χ0) is 18.6. The minimum absolute atomic E-state index is 0.172. The van der Waals surface area contributed by atoms with E-state index in [0.717, 1.165) is 30.2 Å². The maximum Gasteiger partial charge on any atom is 0.255 e. The lowest BCUT2D eigenvalue weighted by Crippen LogP contribution is -2.20. The van der Waals surface area contributed by atoms with Crippen molar-refractivity contribution in [1.82, 2.24) is 9.97 Å². The van der Waals surface area contributed by atoms with Crippen molar-refractivity contribution in [3.05, 3.63) is 71.5 Å². The summed E-state index contributed by atoms with van der Waals surface area (Å²) in [6.45, 7) is 2.03. The van der Waals surface area contributed by atoms with E-state index in [2.05, 4.69) is 20.2 Å². The van der Waals surface area contributed by atoms with Crippen LogP contribution in [0.3, 0.4) is 0 Å². The van der Waals surface area contributed by atoms with Gasteiger partial charge in [-0.15, -0.1) is 0 Å². The number of hydrogen-bond donors (Lipinski definition) is 1. The first kappa shape index (κ1) is 17.5. The molecule has 0 saturated carbocycles. The Kier molecular flexibility index (Phi) is 5.03. The van der Waals surface area contributed by atoms with Crippen molar-refractivity contribution in [2.75, 3.05) is 23.3 Å². The van der Waals surface area contributed by atoms with Gasteiger partial charge in [-0.25, -0.2) is 9.97 Å². The molecule has 1 amide bonds. The Hall–Kier alpha value is -2.92. The molecule has 1 aromatic heterocycles. The molecule has 1 saturated heterocycles. The minimum Gasteiger partial charge on any atom is -0.341 e. The highest BCUT2D eigenvalue weighted by molar-refractivity contribution is 6.30. The van der Waals surface area contributed by atoms with Crippen LogP contribution in [0.2, 0.25) is 5.02 Å². The monoisotopic (exact) mass is 378 g/mol. The number of amides is 1. The van der Waals surface area contributed by atoms with E-state index in [9.17, 15) is 4.79 Å². The van der Waals surface area contributed by atoms with Gasteiger partial charge in [-0.3, -0.25) is 4.79 Å². The molecular formula is C21H19ClN4O. The van der Waals surface area contributed by atoms with Crippen LogP contribution in [0.4, 0.5) is 11.6 Å². The largest absolute Gasteiger partial charge is 0.341 e. The number of aromatic nitrogens is 2. The van der Waals surface area contributed by atoms with Gasteiger partial charge in [-0.2, -0.15) is 0 Å². The summed E-state index contributed by atoms with van der Waals surface area (Å²) in [6.07, 6.45) is 6.01. The number of anilines is 2. The molecule has 2 heterocycles. The Morgan fingerprint density at radius 1 is 0.963 bits per heavy atom. The smallest absolute Gasteiger partial charge is 0.255 e. The van der Waals surface area contributed by atoms with Crippen molar-refractivity contribution in [3.63, 3.8) is 0 Å². The number of rotatable bonds is 4. The number of halogens is 1. The SMILES string of the molecule is O=C(Nc1ccc(Cl)cc1)c1cccc(-c2cnc(N3CCCC3)nc2)c1. The van der Waals surface area contributed by atoms with Crippen LogP contribution in [0, 0.1) is 0 Å². The highest BCUT2D eigenvalue weighted by Gasteiger charge is 2.15.